The lowest BCUT2D eigenvalue weighted by molar-refractivity contribution is -0.604. The van der Waals surface area contributed by atoms with E-state index >= 15 is 0 Å². The van der Waals surface area contributed by atoms with Crippen LogP contribution in [0.2, 0.25) is 0 Å². The molecule has 0 spiro atoms. The fourth-order valence-corrected chi connectivity index (χ4v) is 5.32. The topological polar surface area (TPSA) is 46.1 Å². The van der Waals surface area contributed by atoms with Gasteiger partial charge in [0.25, 0.3) is 6.33 Å². The fraction of sp³-hybridized carbons (Fsp3) is 0.484. The molecule has 3 aromatic rings. The molecule has 1 aromatic heterocycles. The number of aromatic nitrogens is 2. The molecule has 0 radical (unpaired) electrons. The normalized spacial score (nSPS) is 11.2. The van der Waals surface area contributed by atoms with Crippen molar-refractivity contribution >= 4 is 5.97 Å². The van der Waals surface area contributed by atoms with Gasteiger partial charge >= 0.3 is 5.97 Å². The largest absolute Gasteiger partial charge is 0.481 e. The van der Waals surface area contributed by atoms with Crippen LogP contribution in [0.4, 0.5) is 0 Å². The van der Waals surface area contributed by atoms with Gasteiger partial charge in [-0.2, -0.15) is 9.13 Å². The van der Waals surface area contributed by atoms with Crippen molar-refractivity contribution in [3.8, 4) is 11.4 Å². The van der Waals surface area contributed by atoms with E-state index < -0.39 is 5.97 Å². The Morgan fingerprint density at radius 1 is 0.771 bits per heavy atom. The predicted octanol–water partition coefficient (Wildman–Crippen LogP) is 6.89. The number of carbonyl (C=O) groups is 1. The second-order valence-electron chi connectivity index (χ2n) is 9.63. The third-order valence-corrected chi connectivity index (χ3v) is 6.84. The van der Waals surface area contributed by atoms with Crippen LogP contribution < -0.4 is 4.57 Å². The first-order chi connectivity index (χ1) is 17.0. The highest BCUT2D eigenvalue weighted by molar-refractivity contribution is 5.67. The van der Waals surface area contributed by atoms with Crippen LogP contribution in [0.3, 0.4) is 0 Å². The van der Waals surface area contributed by atoms with Crippen molar-refractivity contribution in [1.82, 2.24) is 4.57 Å². The van der Waals surface area contributed by atoms with Gasteiger partial charge in [-0.1, -0.05) is 89.8 Å². The number of carboxylic acids is 1. The van der Waals surface area contributed by atoms with Crippen LogP contribution in [-0.2, 0) is 36.9 Å². The number of aliphatic carboxylic acids is 1. The molecule has 0 atom stereocenters. The van der Waals surface area contributed by atoms with Gasteiger partial charge in [0.15, 0.2) is 5.69 Å². The highest BCUT2D eigenvalue weighted by Gasteiger charge is 2.28. The molecule has 0 unspecified atom stereocenters. The summed E-state index contributed by atoms with van der Waals surface area (Å²) < 4.78 is 4.68. The average Bonchev–Trinajstić information content (AvgIpc) is 3.14. The summed E-state index contributed by atoms with van der Waals surface area (Å²) in [5.41, 5.74) is 10.2. The maximum Gasteiger partial charge on any atom is 0.303 e. The van der Waals surface area contributed by atoms with Crippen molar-refractivity contribution < 1.29 is 14.5 Å². The van der Waals surface area contributed by atoms with E-state index in [-0.39, 0.29) is 6.42 Å². The Balaban J connectivity index is 2.34. The third-order valence-electron chi connectivity index (χ3n) is 6.84. The van der Waals surface area contributed by atoms with Gasteiger partial charge < -0.3 is 5.11 Å². The number of hydrogen-bond acceptors (Lipinski definition) is 1. The first-order valence-electron chi connectivity index (χ1n) is 13.5. The summed E-state index contributed by atoms with van der Waals surface area (Å²) in [5.74, 6) is -0.752. The monoisotopic (exact) mass is 475 g/mol. The van der Waals surface area contributed by atoms with Crippen LogP contribution in [0.25, 0.3) is 11.4 Å². The molecule has 4 nitrogen and oxygen atoms in total. The van der Waals surface area contributed by atoms with Crippen molar-refractivity contribution in [1.29, 1.82) is 0 Å². The maximum atomic E-state index is 11.6. The lowest BCUT2D eigenvalue weighted by atomic mass is 9.99. The molecular formula is C31H43N2O2+. The van der Waals surface area contributed by atoms with Gasteiger partial charge in [-0.25, -0.2) is 0 Å². The molecule has 0 aliphatic carbocycles. The molecule has 0 aliphatic heterocycles. The fourth-order valence-electron chi connectivity index (χ4n) is 5.32. The molecule has 2 aromatic carbocycles. The van der Waals surface area contributed by atoms with Crippen molar-refractivity contribution in [2.45, 2.75) is 98.8 Å². The van der Waals surface area contributed by atoms with Crippen LogP contribution in [0.5, 0.6) is 0 Å². The number of aryl methyl sites for hydroxylation is 4. The highest BCUT2D eigenvalue weighted by atomic mass is 16.4. The van der Waals surface area contributed by atoms with E-state index in [1.807, 2.05) is 0 Å². The molecular weight excluding hydrogens is 432 g/mol. The van der Waals surface area contributed by atoms with Crippen LogP contribution >= 0.6 is 0 Å². The minimum Gasteiger partial charge on any atom is -0.481 e. The van der Waals surface area contributed by atoms with Gasteiger partial charge in [0.2, 0.25) is 0 Å². The average molecular weight is 476 g/mol. The second kappa shape index (κ2) is 12.7. The molecule has 0 saturated heterocycles. The Morgan fingerprint density at radius 3 is 1.69 bits per heavy atom. The number of imidazole rings is 1. The Labute approximate surface area is 211 Å². The van der Waals surface area contributed by atoms with Gasteiger partial charge in [-0.05, 0) is 47.9 Å². The van der Waals surface area contributed by atoms with Crippen LogP contribution in [0.15, 0.2) is 42.7 Å². The van der Waals surface area contributed by atoms with Crippen LogP contribution in [0, 0.1) is 6.92 Å². The molecule has 4 heteroatoms. The van der Waals surface area contributed by atoms with E-state index in [4.69, 9.17) is 0 Å². The summed E-state index contributed by atoms with van der Waals surface area (Å²) in [4.78, 5) is 11.6. The zero-order chi connectivity index (χ0) is 25.4. The van der Waals surface area contributed by atoms with Crippen LogP contribution in [-0.4, -0.2) is 15.6 Å². The van der Waals surface area contributed by atoms with E-state index in [1.165, 1.54) is 33.6 Å². The number of para-hydroxylation sites is 2. The lowest BCUT2D eigenvalue weighted by Gasteiger charge is -2.13. The van der Waals surface area contributed by atoms with Gasteiger partial charge in [0.1, 0.15) is 17.1 Å². The smallest absolute Gasteiger partial charge is 0.303 e. The van der Waals surface area contributed by atoms with E-state index in [2.05, 4.69) is 86.5 Å². The SMILES string of the molecule is CCCc1cccc(CCC)c1-n1c[n+](-c2c(CCC)cccc2CCC)c(CCC(=O)O)c1C. The first-order valence-corrected chi connectivity index (χ1v) is 13.5. The Hall–Kier alpha value is -2.88. The molecule has 0 saturated carbocycles. The first kappa shape index (κ1) is 26.7. The number of hydrogen-bond donors (Lipinski definition) is 1. The summed E-state index contributed by atoms with van der Waals surface area (Å²) in [6, 6.07) is 13.4. The standard InChI is InChI=1S/C31H42N2O2/c1-6-12-24-16-10-17-25(13-7-2)30(24)32-22-33(28(23(32)5)20-21-29(34)35)31-26(14-8-3)18-11-19-27(31)15-9-4/h10-11,16-19,22H,6-9,12-15,20-21H2,1-5H3/p+1. The Morgan fingerprint density at radius 2 is 1.23 bits per heavy atom. The molecule has 3 rings (SSSR count). The zero-order valence-electron chi connectivity index (χ0n) is 22.4. The van der Waals surface area contributed by atoms with Gasteiger partial charge in [0.05, 0.1) is 6.42 Å². The van der Waals surface area contributed by atoms with Gasteiger partial charge in [-0.3, -0.25) is 4.79 Å². The molecule has 1 N–H and O–H groups in total. The van der Waals surface area contributed by atoms with Crippen molar-refractivity contribution in [2.75, 3.05) is 0 Å². The summed E-state index contributed by atoms with van der Waals surface area (Å²) in [6.07, 6.45) is 11.3. The highest BCUT2D eigenvalue weighted by Crippen LogP contribution is 2.27. The minimum atomic E-state index is -0.752. The predicted molar refractivity (Wildman–Crippen MR) is 144 cm³/mol. The van der Waals surface area contributed by atoms with E-state index in [0.29, 0.717) is 6.42 Å². The summed E-state index contributed by atoms with van der Waals surface area (Å²) in [7, 11) is 0. The number of rotatable bonds is 13. The quantitative estimate of drug-likeness (QED) is 0.274. The van der Waals surface area contributed by atoms with Crippen molar-refractivity contribution in [3.05, 3.63) is 76.4 Å². The molecule has 1 heterocycles. The van der Waals surface area contributed by atoms with Crippen molar-refractivity contribution in [3.63, 3.8) is 0 Å². The van der Waals surface area contributed by atoms with Crippen LogP contribution in [0.1, 0.15) is 93.4 Å². The molecule has 0 fully saturated rings. The molecule has 0 amide bonds. The summed E-state index contributed by atoms with van der Waals surface area (Å²) >= 11 is 0. The second-order valence-corrected chi connectivity index (χ2v) is 9.63. The molecule has 0 bridgehead atoms. The number of benzene rings is 2. The Kier molecular flexibility index (Phi) is 9.71. The van der Waals surface area contributed by atoms with Crippen molar-refractivity contribution in [2.24, 2.45) is 0 Å². The number of nitrogens with zero attached hydrogens (tertiary/aromatic N) is 2. The van der Waals surface area contributed by atoms with Gasteiger partial charge in [-0.15, -0.1) is 0 Å². The molecule has 188 valence electrons. The maximum absolute atomic E-state index is 11.6. The zero-order valence-corrected chi connectivity index (χ0v) is 22.4. The van der Waals surface area contributed by atoms with E-state index in [0.717, 1.165) is 62.8 Å². The summed E-state index contributed by atoms with van der Waals surface area (Å²) in [5, 5.41) is 9.54. The summed E-state index contributed by atoms with van der Waals surface area (Å²) in [6.45, 7) is 11.1. The molecule has 0 aliphatic rings. The lowest BCUT2D eigenvalue weighted by Crippen LogP contribution is -2.36. The number of carboxylic acid groups (broad SMARTS) is 1. The third kappa shape index (κ3) is 6.04. The van der Waals surface area contributed by atoms with Gasteiger partial charge in [0, 0.05) is 13.3 Å². The van der Waals surface area contributed by atoms with E-state index in [9.17, 15) is 9.90 Å². The Bertz CT molecular complexity index is 1090. The molecule has 35 heavy (non-hydrogen) atoms. The minimum absolute atomic E-state index is 0.127. The van der Waals surface area contributed by atoms with E-state index in [1.54, 1.807) is 0 Å².